The largest absolute Gasteiger partial charge is 1.00 e. The van der Waals surface area contributed by atoms with E-state index in [1.165, 1.54) is 6.42 Å². The number of aldehydes is 1. The van der Waals surface area contributed by atoms with E-state index in [4.69, 9.17) is 120 Å². The van der Waals surface area contributed by atoms with Gasteiger partial charge in [-0.2, -0.15) is 4.83 Å². The Hall–Kier alpha value is -3.42. The molecule has 18 fully saturated rings. The number of rotatable bonds is 23. The van der Waals surface area contributed by atoms with Crippen molar-refractivity contribution in [3.8, 4) is 36.5 Å². The number of aliphatic hydroxyl groups excluding tert-OH is 9. The van der Waals surface area contributed by atoms with Crippen molar-refractivity contribution in [1.29, 1.82) is 0 Å². The van der Waals surface area contributed by atoms with Crippen LogP contribution in [0.1, 0.15) is 318 Å². The molecule has 142 heavy (non-hydrogen) atoms. The maximum atomic E-state index is 11.9. The van der Waals surface area contributed by atoms with Gasteiger partial charge in [-0.3, -0.25) is 10.6 Å². The second-order valence-corrected chi connectivity index (χ2v) is 42.9. The van der Waals surface area contributed by atoms with Gasteiger partial charge in [-0.25, -0.2) is 8.42 Å². The van der Waals surface area contributed by atoms with E-state index in [1.54, 1.807) is 27.7 Å². The van der Waals surface area contributed by atoms with E-state index in [9.17, 15) is 43.5 Å². The molecule has 16 heterocycles. The van der Waals surface area contributed by atoms with Crippen molar-refractivity contribution in [1.82, 2.24) is 4.83 Å². The number of hydrazine groups is 1. The molecule has 801 valence electrons. The molecule has 1 aromatic rings. The minimum Gasteiger partial charge on any atom is -1.00 e. The fraction of sp³-hybridized carbons (Fsp3) is 0.841. The number of terminal acetylenes is 2. The molecule has 0 aromatic heterocycles. The molecule has 2 unspecified atom stereocenters. The number of nitrogens with one attached hydrogen (secondary N) is 1. The van der Waals surface area contributed by atoms with Crippen LogP contribution < -0.4 is 40.2 Å². The maximum Gasteiger partial charge on any atom is 1.00 e. The Labute approximate surface area is 871 Å². The molecule has 34 atom stereocenters. The summed E-state index contributed by atoms with van der Waals surface area (Å²) in [5, 5.41) is 81.5. The molecule has 35 heteroatoms. The second kappa shape index (κ2) is 57.9. The number of nitrogens with two attached hydrogens (primary N) is 1. The van der Waals surface area contributed by atoms with Crippen molar-refractivity contribution in [3.63, 3.8) is 0 Å². The average molecular weight is 2030 g/mol. The third-order valence-corrected chi connectivity index (χ3v) is 32.4. The monoisotopic (exact) mass is 2030 g/mol. The van der Waals surface area contributed by atoms with Crippen LogP contribution in [0.15, 0.2) is 29.2 Å². The molecule has 16 aliphatic heterocycles. The molecule has 20 rings (SSSR count). The van der Waals surface area contributed by atoms with Crippen LogP contribution in [0.25, 0.3) is 0 Å². The van der Waals surface area contributed by atoms with E-state index >= 15 is 0 Å². The number of sulfonamides is 1. The molecule has 0 amide bonds. The second-order valence-electron chi connectivity index (χ2n) is 41.2. The Balaban J connectivity index is 0.000000219. The number of benzene rings is 1. The van der Waals surface area contributed by atoms with Gasteiger partial charge in [0.2, 0.25) is 0 Å². The van der Waals surface area contributed by atoms with Crippen molar-refractivity contribution >= 4 is 37.3 Å². The third-order valence-electron chi connectivity index (χ3n) is 30.9. The minimum absolute atomic E-state index is 0. The quantitative estimate of drug-likeness (QED) is 0.0100. The van der Waals surface area contributed by atoms with Gasteiger partial charge in [0.25, 0.3) is 10.0 Å². The van der Waals surface area contributed by atoms with Crippen LogP contribution in [0.2, 0.25) is 0 Å². The Morgan fingerprint density at radius 1 is 0.479 bits per heavy atom. The number of fused-ring (bicyclic) bond motifs is 9. The minimum atomic E-state index is -3.55. The molecule has 1 aromatic carbocycles. The summed E-state index contributed by atoms with van der Waals surface area (Å²) in [6.45, 7) is 26.5. The fourth-order valence-electron chi connectivity index (χ4n) is 24.7. The van der Waals surface area contributed by atoms with Crippen LogP contribution in [-0.4, -0.2) is 332 Å². The summed E-state index contributed by atoms with van der Waals surface area (Å²) in [5.74, 6) is 15.8. The van der Waals surface area contributed by atoms with Crippen molar-refractivity contribution < 1.29 is 176 Å². The first-order valence-electron chi connectivity index (χ1n) is 52.8. The number of ether oxygens (including phenoxy) is 16. The number of Topliss-reactive ketones (excluding diaryl/α,β-unsaturated/α-hetero) is 1. The number of carbonyl (C=O) groups is 3. The van der Waals surface area contributed by atoms with Crippen LogP contribution in [0.5, 0.6) is 0 Å². The van der Waals surface area contributed by atoms with E-state index in [-0.39, 0.29) is 247 Å². The third kappa shape index (κ3) is 29.5. The van der Waals surface area contributed by atoms with E-state index in [0.29, 0.717) is 48.7 Å². The molecular weight excluding hydrogens is 1860 g/mol. The summed E-state index contributed by atoms with van der Waals surface area (Å²) in [6.07, 6.45) is 51.7. The predicted octanol–water partition coefficient (Wildman–Crippen LogP) is 6.98. The SMILES string of the molecule is C#C[C@H]1C[C@]2(C=O)O[C@@H](CCC)CC[C@@H]2O1.C#C[C@H]1C[C@]2(CO)O[C@@H](CCC)CC[C@@H]2O1.C=O.CCC[C@H]1CC[C@@H]2O[C@@H](C#CCO)C[C@]2(CO)O1.CCC[C@H]1CC[C@@H]2O[C@@H](CCCO)C[C@]2(CO)O1.CCC[C@H]1CC[C@@H]2O[C@@H]3C[C@@]2(O1)[C@H]1OC1C3=O.CCC[C@H]1CC[C@@H]2O[C@@H]3C[C@@]2(O1)[C@H]1OC1[C@H]3O.CCC[C@H]1CC[C@@H]2O[C@@H]3C[C@]2(C=C[C@H]3O)O1.CCO.CCO.Cc1cc(C)c(S(=O)(=O)NN)c(C)c1.[B].[H-].[Na+]. The van der Waals surface area contributed by atoms with E-state index in [0.717, 1.165) is 224 Å². The molecule has 3 spiro atoms. The van der Waals surface area contributed by atoms with Crippen molar-refractivity contribution in [2.45, 2.75) is 530 Å². The fourth-order valence-corrected chi connectivity index (χ4v) is 25.8. The van der Waals surface area contributed by atoms with Crippen LogP contribution in [0.3, 0.4) is 0 Å². The predicted molar refractivity (Wildman–Crippen MR) is 529 cm³/mol. The average Bonchev–Trinajstić information content (AvgIpc) is 1.53. The molecule has 32 nitrogen and oxygen atoms in total. The molecule has 6 bridgehead atoms. The van der Waals surface area contributed by atoms with E-state index in [2.05, 4.69) is 72.1 Å². The first kappa shape index (κ1) is 124. The van der Waals surface area contributed by atoms with Crippen LogP contribution in [0, 0.1) is 57.3 Å². The van der Waals surface area contributed by atoms with Gasteiger partial charge in [0, 0.05) is 73.2 Å². The summed E-state index contributed by atoms with van der Waals surface area (Å²) in [7, 11) is -3.55. The normalized spacial score (nSPS) is 40.5. The standard InChI is InChI=1S/C14H26O4.C14H22O4.C13H20O4.C13H18O4.2C13H20O3.C13H18O3.C9H14N2O2S.2C2H6O.CH2O.B.Na.H/c2*1-2-4-11-6-7-13-14(10-16,18-11)9-12(17-13)5-3-8-15;2*1-2-3-7-4-5-9-13(17-7)6-8(15-9)10(14)11-12(13)16-11;1-2-3-9-4-5-12-13(16-9)7-6-10(14)11(8-13)15-12;2*1-3-5-11-6-7-12-13(9-14,16-11)8-10(4-2)15-12;1-6-4-7(2)9(8(3)5-6)14(12,13)11-10;2*1-2-3;1-2;;;/h11-13,15-16H,2-10H2,1H3;11-13,15-16H,2,4,6-10H2,1H3;7-12,14H,2-6H2,1H3;7-9,11-12H,2-6H2,1H3;6-7,9-12,14H,2-5,8H2,1H3;2,10-12,14H,3,5-9H2,1H3;2,9-12H,3,5-8H2,1H3;4-5,11H,10H2,1-3H3;2*3H,2H2,1H3;1H2;;;/q;;;;;;;;;;;;+1;-1/t2*11-,12-,13-,14+;7-,8+,9-,10-,11?,12-,13-;7-,8+,9-,11?,12-,13-;9-,10+,11+,12-,13-;2*10-,11-,12-,13+;;;;;;;/m0000000......./s1. The van der Waals surface area contributed by atoms with Gasteiger partial charge in [0.05, 0.1) is 135 Å². The van der Waals surface area contributed by atoms with Crippen LogP contribution >= 0.6 is 0 Å². The van der Waals surface area contributed by atoms with Gasteiger partial charge in [-0.05, 0) is 193 Å². The number of aliphatic hydroxyl groups is 9. The van der Waals surface area contributed by atoms with E-state index < -0.39 is 44.6 Å². The zero-order valence-electron chi connectivity index (χ0n) is 88.1. The molecule has 3 aliphatic carbocycles. The van der Waals surface area contributed by atoms with Crippen LogP contribution in [-0.2, 0) is 100 Å². The summed E-state index contributed by atoms with van der Waals surface area (Å²) in [5.41, 5.74) is -0.637. The maximum absolute atomic E-state index is 11.9. The Morgan fingerprint density at radius 3 is 1.37 bits per heavy atom. The first-order valence-corrected chi connectivity index (χ1v) is 54.3. The Morgan fingerprint density at radius 2 is 0.894 bits per heavy atom. The van der Waals surface area contributed by atoms with Gasteiger partial charge in [-0.1, -0.05) is 147 Å². The van der Waals surface area contributed by atoms with Crippen molar-refractivity contribution in [2.24, 2.45) is 5.84 Å². The smallest absolute Gasteiger partial charge is 1.00 e. The summed E-state index contributed by atoms with van der Waals surface area (Å²) >= 11 is 0. The molecule has 16 saturated heterocycles. The summed E-state index contributed by atoms with van der Waals surface area (Å²) < 4.78 is 118. The molecule has 12 N–H and O–H groups in total. The van der Waals surface area contributed by atoms with Gasteiger partial charge in [-0.15, -0.1) is 12.8 Å². The van der Waals surface area contributed by atoms with Gasteiger partial charge in [0.15, 0.2) is 17.7 Å². The topological polar surface area (TPSA) is 460 Å². The van der Waals surface area contributed by atoms with E-state index in [1.807, 2.05) is 42.8 Å². The molecule has 3 radical (unpaired) electrons. The Bertz CT molecular complexity index is 4260. The molecule has 19 aliphatic rings. The molecule has 2 saturated carbocycles. The number of aryl methyl sites for hydroxylation is 3. The number of carbonyl (C=O) groups excluding carboxylic acids is 3. The van der Waals surface area contributed by atoms with Crippen LogP contribution in [0.4, 0.5) is 0 Å². The van der Waals surface area contributed by atoms with Gasteiger partial charge >= 0.3 is 29.6 Å². The van der Waals surface area contributed by atoms with Crippen molar-refractivity contribution in [2.75, 3.05) is 46.2 Å². The summed E-state index contributed by atoms with van der Waals surface area (Å²) in [6, 6.07) is 3.63. The summed E-state index contributed by atoms with van der Waals surface area (Å²) in [4.78, 5) is 33.3. The number of hydrogen-bond donors (Lipinski definition) is 11. The zero-order valence-corrected chi connectivity index (χ0v) is 89.9. The van der Waals surface area contributed by atoms with Gasteiger partial charge in [0.1, 0.15) is 102 Å². The first-order chi connectivity index (χ1) is 67.4. The van der Waals surface area contributed by atoms with Gasteiger partial charge < -0.3 is 133 Å². The number of epoxide rings is 2. The zero-order chi connectivity index (χ0) is 102. The van der Waals surface area contributed by atoms with Crippen molar-refractivity contribution in [3.05, 3.63) is 41.0 Å². The number of hydrogen-bond acceptors (Lipinski definition) is 31. The molecular formula is C107H173BN2NaO30S. The Kier molecular flexibility index (Phi) is 50.4. The number of ketones is 1.